The molecule has 0 saturated heterocycles. The van der Waals surface area contributed by atoms with Gasteiger partial charge in [0.1, 0.15) is 0 Å². The van der Waals surface area contributed by atoms with E-state index >= 15 is 0 Å². The number of rotatable bonds is 3. The maximum atomic E-state index is 12.3. The average molecular weight is 200 g/mol. The molecular weight excluding hydrogens is 189 g/mol. The fourth-order valence-electron chi connectivity index (χ4n) is 0.636. The molecule has 13 heavy (non-hydrogen) atoms. The third-order valence-corrected chi connectivity index (χ3v) is 1.76. The Bertz CT molecular complexity index is 190. The van der Waals surface area contributed by atoms with E-state index in [0.717, 1.165) is 21.1 Å². The van der Waals surface area contributed by atoms with Crippen LogP contribution in [0.2, 0.25) is 0 Å². The van der Waals surface area contributed by atoms with Gasteiger partial charge in [-0.1, -0.05) is 0 Å². The molecule has 78 valence electrons. The Morgan fingerprint density at radius 2 is 1.77 bits per heavy atom. The Morgan fingerprint density at radius 1 is 1.31 bits per heavy atom. The van der Waals surface area contributed by atoms with Crippen LogP contribution in [0.25, 0.3) is 0 Å². The van der Waals surface area contributed by atoms with Crippen LogP contribution in [-0.2, 0) is 14.3 Å². The van der Waals surface area contributed by atoms with Gasteiger partial charge >= 0.3 is 12.1 Å². The molecular formula is C7H11F3O3. The molecule has 0 rings (SSSR count). The van der Waals surface area contributed by atoms with Crippen LogP contribution in [-0.4, -0.2) is 32.0 Å². The van der Waals surface area contributed by atoms with E-state index in [0.29, 0.717) is 0 Å². The Kier molecular flexibility index (Phi) is 3.71. The molecule has 0 N–H and O–H groups in total. The van der Waals surface area contributed by atoms with Crippen molar-refractivity contribution in [3.8, 4) is 0 Å². The molecule has 0 heterocycles. The number of esters is 1. The summed E-state index contributed by atoms with van der Waals surface area (Å²) < 4.78 is 45.2. The van der Waals surface area contributed by atoms with Crippen LogP contribution >= 0.6 is 0 Å². The molecule has 1 atom stereocenters. The topological polar surface area (TPSA) is 35.5 Å². The molecule has 0 aliphatic carbocycles. The number of carbonyl (C=O) groups excluding carboxylic acids is 1. The lowest BCUT2D eigenvalue weighted by Crippen LogP contribution is -2.45. The Balaban J connectivity index is 4.56. The zero-order valence-corrected chi connectivity index (χ0v) is 7.57. The SMILES string of the molecule is COC(=O)CC(C)(OC)C(F)(F)F. The van der Waals surface area contributed by atoms with E-state index in [1.807, 2.05) is 0 Å². The van der Waals surface area contributed by atoms with Crippen molar-refractivity contribution in [2.75, 3.05) is 14.2 Å². The van der Waals surface area contributed by atoms with Gasteiger partial charge in [0.25, 0.3) is 0 Å². The molecule has 0 bridgehead atoms. The largest absolute Gasteiger partial charge is 0.469 e. The summed E-state index contributed by atoms with van der Waals surface area (Å²) in [5.41, 5.74) is -2.47. The first kappa shape index (κ1) is 12.2. The third-order valence-electron chi connectivity index (χ3n) is 1.76. The lowest BCUT2D eigenvalue weighted by molar-refractivity contribution is -0.265. The van der Waals surface area contributed by atoms with Crippen molar-refractivity contribution in [3.63, 3.8) is 0 Å². The first-order valence-corrected chi connectivity index (χ1v) is 3.45. The minimum atomic E-state index is -4.59. The molecule has 0 fully saturated rings. The number of ether oxygens (including phenoxy) is 2. The highest BCUT2D eigenvalue weighted by molar-refractivity contribution is 5.70. The summed E-state index contributed by atoms with van der Waals surface area (Å²) >= 11 is 0. The van der Waals surface area contributed by atoms with E-state index in [1.165, 1.54) is 0 Å². The smallest absolute Gasteiger partial charge is 0.417 e. The van der Waals surface area contributed by atoms with Crippen LogP contribution in [0.4, 0.5) is 13.2 Å². The van der Waals surface area contributed by atoms with Gasteiger partial charge in [-0.15, -0.1) is 0 Å². The molecule has 0 amide bonds. The second kappa shape index (κ2) is 3.95. The Morgan fingerprint density at radius 3 is 2.00 bits per heavy atom. The van der Waals surface area contributed by atoms with Crippen LogP contribution in [0.15, 0.2) is 0 Å². The molecule has 0 radical (unpaired) electrons. The quantitative estimate of drug-likeness (QED) is 0.648. The fraction of sp³-hybridized carbons (Fsp3) is 0.857. The van der Waals surface area contributed by atoms with Gasteiger partial charge in [0.05, 0.1) is 13.5 Å². The molecule has 6 heteroatoms. The van der Waals surface area contributed by atoms with Crippen LogP contribution in [0.1, 0.15) is 13.3 Å². The van der Waals surface area contributed by atoms with Gasteiger partial charge in [-0.2, -0.15) is 13.2 Å². The normalized spacial score (nSPS) is 16.5. The third kappa shape index (κ3) is 2.87. The molecule has 0 aromatic rings. The molecule has 0 spiro atoms. The summed E-state index contributed by atoms with van der Waals surface area (Å²) in [5.74, 6) is -0.957. The number of alkyl halides is 3. The van der Waals surface area contributed by atoms with Crippen molar-refractivity contribution >= 4 is 5.97 Å². The molecule has 0 aliphatic heterocycles. The van der Waals surface area contributed by atoms with E-state index in [1.54, 1.807) is 0 Å². The van der Waals surface area contributed by atoms with Crippen LogP contribution in [0, 0.1) is 0 Å². The number of halogens is 3. The van der Waals surface area contributed by atoms with Crippen molar-refractivity contribution in [1.82, 2.24) is 0 Å². The lowest BCUT2D eigenvalue weighted by Gasteiger charge is -2.29. The second-order valence-corrected chi connectivity index (χ2v) is 2.69. The van der Waals surface area contributed by atoms with Crippen LogP contribution < -0.4 is 0 Å². The van der Waals surface area contributed by atoms with Gasteiger partial charge in [-0.05, 0) is 6.92 Å². The maximum absolute atomic E-state index is 12.3. The van der Waals surface area contributed by atoms with Gasteiger partial charge in [0.2, 0.25) is 0 Å². The summed E-state index contributed by atoms with van der Waals surface area (Å²) in [4.78, 5) is 10.6. The highest BCUT2D eigenvalue weighted by atomic mass is 19.4. The summed E-state index contributed by atoms with van der Waals surface area (Å²) in [6.45, 7) is 0.796. The molecule has 0 saturated carbocycles. The van der Waals surface area contributed by atoms with Gasteiger partial charge in [-0.25, -0.2) is 0 Å². The van der Waals surface area contributed by atoms with Crippen LogP contribution in [0.3, 0.4) is 0 Å². The van der Waals surface area contributed by atoms with E-state index < -0.39 is 24.2 Å². The van der Waals surface area contributed by atoms with Crippen molar-refractivity contribution in [2.24, 2.45) is 0 Å². The van der Waals surface area contributed by atoms with E-state index in [2.05, 4.69) is 9.47 Å². The number of methoxy groups -OCH3 is 2. The summed E-state index contributed by atoms with van der Waals surface area (Å²) in [6, 6.07) is 0. The number of carbonyl (C=O) groups is 1. The van der Waals surface area contributed by atoms with Crippen molar-refractivity contribution in [2.45, 2.75) is 25.1 Å². The predicted octanol–water partition coefficient (Wildman–Crippen LogP) is 1.52. The number of hydrogen-bond acceptors (Lipinski definition) is 3. The minimum absolute atomic E-state index is 0.796. The molecule has 1 unspecified atom stereocenters. The zero-order chi connectivity index (χ0) is 10.7. The van der Waals surface area contributed by atoms with Gasteiger partial charge in [0, 0.05) is 7.11 Å². The summed E-state index contributed by atoms with van der Waals surface area (Å²) in [6.07, 6.45) is -5.43. The average Bonchev–Trinajstić information content (AvgIpc) is 2.02. The molecule has 0 aromatic heterocycles. The molecule has 0 aliphatic rings. The highest BCUT2D eigenvalue weighted by Crippen LogP contribution is 2.35. The highest BCUT2D eigenvalue weighted by Gasteiger charge is 2.53. The Hall–Kier alpha value is -0.780. The van der Waals surface area contributed by atoms with Gasteiger partial charge < -0.3 is 9.47 Å². The fourth-order valence-corrected chi connectivity index (χ4v) is 0.636. The van der Waals surface area contributed by atoms with E-state index in [4.69, 9.17) is 0 Å². The first-order chi connectivity index (χ1) is 5.77. The van der Waals surface area contributed by atoms with Crippen molar-refractivity contribution in [3.05, 3.63) is 0 Å². The molecule has 3 nitrogen and oxygen atoms in total. The summed E-state index contributed by atoms with van der Waals surface area (Å²) in [7, 11) is 1.92. The van der Waals surface area contributed by atoms with Crippen molar-refractivity contribution in [1.29, 1.82) is 0 Å². The minimum Gasteiger partial charge on any atom is -0.469 e. The predicted molar refractivity (Wildman–Crippen MR) is 38.1 cm³/mol. The second-order valence-electron chi connectivity index (χ2n) is 2.69. The standard InChI is InChI=1S/C7H11F3O3/c1-6(13-3,7(8,9)10)4-5(11)12-2/h4H2,1-3H3. The molecule has 0 aromatic carbocycles. The van der Waals surface area contributed by atoms with Gasteiger partial charge in [0.15, 0.2) is 5.60 Å². The lowest BCUT2D eigenvalue weighted by atomic mass is 10.0. The zero-order valence-electron chi connectivity index (χ0n) is 7.57. The van der Waals surface area contributed by atoms with Gasteiger partial charge in [-0.3, -0.25) is 4.79 Å². The van der Waals surface area contributed by atoms with Crippen LogP contribution in [0.5, 0.6) is 0 Å². The maximum Gasteiger partial charge on any atom is 0.417 e. The Labute approximate surface area is 73.8 Å². The van der Waals surface area contributed by atoms with Crippen molar-refractivity contribution < 1.29 is 27.4 Å². The van der Waals surface area contributed by atoms with E-state index in [-0.39, 0.29) is 0 Å². The number of hydrogen-bond donors (Lipinski definition) is 0. The summed E-state index contributed by atoms with van der Waals surface area (Å²) in [5, 5.41) is 0. The monoisotopic (exact) mass is 200 g/mol. The van der Waals surface area contributed by atoms with E-state index in [9.17, 15) is 18.0 Å². The first-order valence-electron chi connectivity index (χ1n) is 3.45.